The number of hydrogen-bond donors (Lipinski definition) is 2. The van der Waals surface area contributed by atoms with Crippen molar-refractivity contribution in [2.45, 2.75) is 19.8 Å². The Balaban J connectivity index is 3.31. The molecule has 3 heteroatoms. The maximum absolute atomic E-state index is 8.03. The lowest BCUT2D eigenvalue weighted by atomic mass is 10.0. The molecule has 1 atom stereocenters. The zero-order valence-electron chi connectivity index (χ0n) is 5.75. The molecule has 9 heavy (non-hydrogen) atoms. The van der Waals surface area contributed by atoms with Gasteiger partial charge in [0.1, 0.15) is 0 Å². The van der Waals surface area contributed by atoms with Gasteiger partial charge in [-0.3, -0.25) is 0 Å². The monoisotopic (exact) mass is 130 g/mol. The molecular weight excluding hydrogens is 116 g/mol. The summed E-state index contributed by atoms with van der Waals surface area (Å²) < 4.78 is 0. The van der Waals surface area contributed by atoms with Crippen molar-refractivity contribution < 1.29 is 5.21 Å². The lowest BCUT2D eigenvalue weighted by Gasteiger charge is -2.05. The highest BCUT2D eigenvalue weighted by molar-refractivity contribution is 5.56. The smallest absolute Gasteiger partial charge is 0.0439 e. The van der Waals surface area contributed by atoms with Gasteiger partial charge in [0, 0.05) is 6.21 Å². The molecule has 0 fully saturated rings. The Bertz CT molecular complexity index is 79.1. The molecule has 3 nitrogen and oxygen atoms in total. The van der Waals surface area contributed by atoms with E-state index in [4.69, 9.17) is 10.9 Å². The van der Waals surface area contributed by atoms with Gasteiger partial charge in [0.25, 0.3) is 0 Å². The Morgan fingerprint density at radius 2 is 2.44 bits per heavy atom. The molecule has 0 aliphatic carbocycles. The van der Waals surface area contributed by atoms with Gasteiger partial charge >= 0.3 is 0 Å². The van der Waals surface area contributed by atoms with Crippen molar-refractivity contribution in [1.29, 1.82) is 0 Å². The Hall–Kier alpha value is -0.570. The number of rotatable bonds is 4. The van der Waals surface area contributed by atoms with Crippen LogP contribution in [0.1, 0.15) is 19.8 Å². The lowest BCUT2D eigenvalue weighted by Crippen LogP contribution is -2.13. The van der Waals surface area contributed by atoms with E-state index in [9.17, 15) is 0 Å². The number of nitrogens with two attached hydrogens (primary N) is 1. The van der Waals surface area contributed by atoms with Gasteiger partial charge in [-0.25, -0.2) is 0 Å². The molecule has 0 aromatic heterocycles. The van der Waals surface area contributed by atoms with Crippen LogP contribution in [0.25, 0.3) is 0 Å². The van der Waals surface area contributed by atoms with Crippen molar-refractivity contribution in [3.05, 3.63) is 0 Å². The van der Waals surface area contributed by atoms with Gasteiger partial charge in [0.05, 0.1) is 0 Å². The van der Waals surface area contributed by atoms with Crippen LogP contribution in [0.15, 0.2) is 5.16 Å². The molecule has 54 valence electrons. The summed E-state index contributed by atoms with van der Waals surface area (Å²) >= 11 is 0. The summed E-state index contributed by atoms with van der Waals surface area (Å²) in [4.78, 5) is 0. The van der Waals surface area contributed by atoms with Crippen LogP contribution in [0.4, 0.5) is 0 Å². The maximum atomic E-state index is 8.03. The van der Waals surface area contributed by atoms with Crippen LogP contribution >= 0.6 is 0 Å². The Labute approximate surface area is 55.5 Å². The summed E-state index contributed by atoms with van der Waals surface area (Å²) in [5.41, 5.74) is 5.38. The highest BCUT2D eigenvalue weighted by atomic mass is 16.4. The summed E-state index contributed by atoms with van der Waals surface area (Å²) in [5, 5.41) is 10.9. The van der Waals surface area contributed by atoms with E-state index in [0.29, 0.717) is 12.5 Å². The van der Waals surface area contributed by atoms with Crippen molar-refractivity contribution in [2.24, 2.45) is 16.8 Å². The van der Waals surface area contributed by atoms with Crippen LogP contribution in [0, 0.1) is 5.92 Å². The molecule has 0 saturated carbocycles. The lowest BCUT2D eigenvalue weighted by molar-refractivity contribution is 0.319. The first-order valence-electron chi connectivity index (χ1n) is 3.21. The van der Waals surface area contributed by atoms with Crippen LogP contribution in [0.3, 0.4) is 0 Å². The summed E-state index contributed by atoms with van der Waals surface area (Å²) in [6.45, 7) is 2.74. The number of hydrogen-bond acceptors (Lipinski definition) is 3. The molecule has 0 rings (SSSR count). The van der Waals surface area contributed by atoms with E-state index in [1.165, 1.54) is 6.21 Å². The second-order valence-electron chi connectivity index (χ2n) is 2.04. The van der Waals surface area contributed by atoms with Gasteiger partial charge in [0.2, 0.25) is 0 Å². The number of nitrogens with zero attached hydrogens (tertiary/aromatic N) is 1. The predicted molar refractivity (Wildman–Crippen MR) is 37.7 cm³/mol. The molecule has 0 amide bonds. The molecule has 0 aliphatic rings. The molecule has 3 N–H and O–H groups in total. The zero-order chi connectivity index (χ0) is 7.11. The molecule has 0 aromatic carbocycles. The van der Waals surface area contributed by atoms with Crippen molar-refractivity contribution in [3.8, 4) is 0 Å². The third-order valence-corrected chi connectivity index (χ3v) is 1.43. The Morgan fingerprint density at radius 1 is 1.78 bits per heavy atom. The summed E-state index contributed by atoms with van der Waals surface area (Å²) in [5.74, 6) is 0.473. The predicted octanol–water partition coefficient (Wildman–Crippen LogP) is 0.821. The standard InChI is InChI=1S/C6H14N2O/c1-2-6(5-7)3-4-8-9/h4,6,9H,2-3,5,7H2,1H3/b8-4+/t6-/m0/s1. The molecule has 0 unspecified atom stereocenters. The molecule has 0 aromatic rings. The molecular formula is C6H14N2O. The van der Waals surface area contributed by atoms with Crippen molar-refractivity contribution in [3.63, 3.8) is 0 Å². The van der Waals surface area contributed by atoms with Gasteiger partial charge < -0.3 is 10.9 Å². The minimum Gasteiger partial charge on any atom is -0.411 e. The van der Waals surface area contributed by atoms with Gasteiger partial charge in [-0.05, 0) is 18.9 Å². The van der Waals surface area contributed by atoms with Crippen LogP contribution < -0.4 is 5.73 Å². The van der Waals surface area contributed by atoms with E-state index < -0.39 is 0 Å². The van der Waals surface area contributed by atoms with Gasteiger partial charge in [0.15, 0.2) is 0 Å². The quantitative estimate of drug-likeness (QED) is 0.336. The minimum absolute atomic E-state index is 0.473. The van der Waals surface area contributed by atoms with E-state index >= 15 is 0 Å². The van der Waals surface area contributed by atoms with E-state index in [1.807, 2.05) is 0 Å². The molecule has 0 radical (unpaired) electrons. The fraction of sp³-hybridized carbons (Fsp3) is 0.833. The third-order valence-electron chi connectivity index (χ3n) is 1.43. The van der Waals surface area contributed by atoms with Crippen LogP contribution in [-0.4, -0.2) is 18.0 Å². The van der Waals surface area contributed by atoms with Crippen molar-refractivity contribution >= 4 is 6.21 Å². The molecule has 0 spiro atoms. The normalized spacial score (nSPS) is 14.4. The fourth-order valence-corrected chi connectivity index (χ4v) is 0.626. The van der Waals surface area contributed by atoms with E-state index in [1.54, 1.807) is 0 Å². The SMILES string of the molecule is CC[C@H](CN)C/C=N/O. The van der Waals surface area contributed by atoms with Crippen LogP contribution in [-0.2, 0) is 0 Å². The van der Waals surface area contributed by atoms with Crippen LogP contribution in [0.2, 0.25) is 0 Å². The summed E-state index contributed by atoms with van der Waals surface area (Å²) in [6, 6.07) is 0. The fourth-order valence-electron chi connectivity index (χ4n) is 0.626. The van der Waals surface area contributed by atoms with Gasteiger partial charge in [-0.2, -0.15) is 0 Å². The topological polar surface area (TPSA) is 58.6 Å². The average Bonchev–Trinajstić information content (AvgIpc) is 1.91. The van der Waals surface area contributed by atoms with Crippen molar-refractivity contribution in [1.82, 2.24) is 0 Å². The Morgan fingerprint density at radius 3 is 2.78 bits per heavy atom. The summed E-state index contributed by atoms with van der Waals surface area (Å²) in [6.07, 6.45) is 3.31. The average molecular weight is 130 g/mol. The van der Waals surface area contributed by atoms with Crippen molar-refractivity contribution in [2.75, 3.05) is 6.54 Å². The van der Waals surface area contributed by atoms with Gasteiger partial charge in [-0.1, -0.05) is 13.3 Å². The second kappa shape index (κ2) is 5.56. The van der Waals surface area contributed by atoms with E-state index in [0.717, 1.165) is 12.8 Å². The molecule has 0 aliphatic heterocycles. The zero-order valence-corrected chi connectivity index (χ0v) is 5.75. The first kappa shape index (κ1) is 8.43. The van der Waals surface area contributed by atoms with E-state index in [-0.39, 0.29) is 0 Å². The Kier molecular flexibility index (Phi) is 5.21. The first-order valence-corrected chi connectivity index (χ1v) is 3.21. The second-order valence-corrected chi connectivity index (χ2v) is 2.04. The minimum atomic E-state index is 0.473. The molecule has 0 heterocycles. The third kappa shape index (κ3) is 3.97. The molecule has 0 bridgehead atoms. The maximum Gasteiger partial charge on any atom is 0.0439 e. The number of oxime groups is 1. The van der Waals surface area contributed by atoms with Crippen LogP contribution in [0.5, 0.6) is 0 Å². The largest absolute Gasteiger partial charge is 0.411 e. The van der Waals surface area contributed by atoms with Gasteiger partial charge in [-0.15, -0.1) is 5.16 Å². The van der Waals surface area contributed by atoms with E-state index in [2.05, 4.69) is 12.1 Å². The summed E-state index contributed by atoms with van der Waals surface area (Å²) in [7, 11) is 0. The highest BCUT2D eigenvalue weighted by Gasteiger charge is 1.99. The molecule has 0 saturated heterocycles. The first-order chi connectivity index (χ1) is 4.35. The highest BCUT2D eigenvalue weighted by Crippen LogP contribution is 2.02.